The molecule has 5 unspecified atom stereocenters. The predicted molar refractivity (Wildman–Crippen MR) is 206 cm³/mol. The molecule has 0 aromatic heterocycles. The Morgan fingerprint density at radius 1 is 0.638 bits per heavy atom. The Morgan fingerprint density at radius 2 is 1.22 bits per heavy atom. The first kappa shape index (κ1) is 47.0. The molecule has 58 heavy (non-hydrogen) atoms. The van der Waals surface area contributed by atoms with E-state index in [4.69, 9.17) is 5.73 Å². The maximum absolute atomic E-state index is 13.5. The van der Waals surface area contributed by atoms with Gasteiger partial charge in [0.15, 0.2) is 0 Å². The molecular formula is C38H49N9O11. The number of carboxylic acids is 1. The van der Waals surface area contributed by atoms with Crippen LogP contribution in [0.1, 0.15) is 44.9 Å². The molecule has 20 heteroatoms. The standard InChI is InChI=1S/C38H49N9O11/c1-21(2)32(34(39)53)46-35(54)22(3)43-37(56)33(25-13-9-6-10-14-25)47-36(55)27(18-40-23(4)48)45-29(50)16-15-28(49)41-19-30(51)42-20-31(52)44-26(38(57)58)17-24-11-7-5-8-12-24/h5-16,21-22,26-27,32-33H,17-20H2,1-4H3,(H2,39,53)(H,40,48)(H,41,49)(H,42,51)(H,43,56)(H,44,52)(H,45,50)(H,46,54)(H,47,55)(H,57,58). The number of nitrogens with two attached hydrogens (primary N) is 1. The van der Waals surface area contributed by atoms with Gasteiger partial charge in [0.05, 0.1) is 13.1 Å². The van der Waals surface area contributed by atoms with Gasteiger partial charge in [0, 0.05) is 32.0 Å². The molecule has 9 amide bonds. The molecular weight excluding hydrogens is 758 g/mol. The predicted octanol–water partition coefficient (Wildman–Crippen LogP) is -2.80. The van der Waals surface area contributed by atoms with E-state index in [0.717, 1.165) is 19.1 Å². The Morgan fingerprint density at radius 3 is 1.79 bits per heavy atom. The van der Waals surface area contributed by atoms with E-state index in [2.05, 4.69) is 42.5 Å². The van der Waals surface area contributed by atoms with Crippen LogP contribution in [0.5, 0.6) is 0 Å². The number of carbonyl (C=O) groups is 10. The Kier molecular flexibility index (Phi) is 19.2. The van der Waals surface area contributed by atoms with Crippen LogP contribution in [0.25, 0.3) is 0 Å². The topological polar surface area (TPSA) is 313 Å². The van der Waals surface area contributed by atoms with Crippen molar-refractivity contribution in [3.63, 3.8) is 0 Å². The number of benzene rings is 2. The zero-order valence-electron chi connectivity index (χ0n) is 32.3. The summed E-state index contributed by atoms with van der Waals surface area (Å²) in [5.41, 5.74) is 6.34. The quantitative estimate of drug-likeness (QED) is 0.0542. The van der Waals surface area contributed by atoms with E-state index in [1.807, 2.05) is 0 Å². The fourth-order valence-electron chi connectivity index (χ4n) is 4.98. The highest BCUT2D eigenvalue weighted by atomic mass is 16.4. The minimum atomic E-state index is -1.49. The lowest BCUT2D eigenvalue weighted by atomic mass is 10.0. The van der Waals surface area contributed by atoms with Gasteiger partial charge < -0.3 is 53.4 Å². The fourth-order valence-corrected chi connectivity index (χ4v) is 4.98. The highest BCUT2D eigenvalue weighted by molar-refractivity contribution is 6.00. The van der Waals surface area contributed by atoms with Crippen LogP contribution in [0.4, 0.5) is 0 Å². The third-order valence-electron chi connectivity index (χ3n) is 8.06. The second-order valence-electron chi connectivity index (χ2n) is 13.2. The van der Waals surface area contributed by atoms with Crippen LogP contribution < -0.4 is 48.3 Å². The van der Waals surface area contributed by atoms with Crippen LogP contribution in [0.15, 0.2) is 72.8 Å². The number of primary amides is 1. The Labute approximate surface area is 333 Å². The lowest BCUT2D eigenvalue weighted by Gasteiger charge is -2.25. The molecule has 0 radical (unpaired) electrons. The van der Waals surface area contributed by atoms with Gasteiger partial charge in [0.25, 0.3) is 0 Å². The SMILES string of the molecule is CC(=O)NCC(NC(=O)C=CC(=O)NCC(=O)NCC(=O)NC(Cc1ccccc1)C(=O)O)C(=O)NC(C(=O)NC(C)C(=O)NC(C(N)=O)C(C)C)c1ccccc1. The van der Waals surface area contributed by atoms with Crippen molar-refractivity contribution >= 4 is 59.1 Å². The average molecular weight is 808 g/mol. The summed E-state index contributed by atoms with van der Waals surface area (Å²) < 4.78 is 0. The third-order valence-corrected chi connectivity index (χ3v) is 8.06. The number of hydrogen-bond donors (Lipinski definition) is 10. The van der Waals surface area contributed by atoms with Gasteiger partial charge in [-0.05, 0) is 24.0 Å². The van der Waals surface area contributed by atoms with Crippen LogP contribution in [-0.2, 0) is 54.4 Å². The molecule has 0 aliphatic carbocycles. The molecule has 5 atom stereocenters. The Bertz CT molecular complexity index is 1840. The Hall–Kier alpha value is -7.12. The summed E-state index contributed by atoms with van der Waals surface area (Å²) in [5.74, 6) is -8.92. The van der Waals surface area contributed by atoms with Gasteiger partial charge in [-0.2, -0.15) is 0 Å². The summed E-state index contributed by atoms with van der Waals surface area (Å²) in [6.07, 6.45) is 1.50. The van der Waals surface area contributed by atoms with Crippen molar-refractivity contribution in [3.8, 4) is 0 Å². The summed E-state index contributed by atoms with van der Waals surface area (Å²) >= 11 is 0. The van der Waals surface area contributed by atoms with Gasteiger partial charge in [0.1, 0.15) is 30.2 Å². The summed E-state index contributed by atoms with van der Waals surface area (Å²) in [5, 5.41) is 28.4. The molecule has 0 fully saturated rings. The smallest absolute Gasteiger partial charge is 0.326 e. The van der Waals surface area contributed by atoms with E-state index in [1.54, 1.807) is 62.4 Å². The van der Waals surface area contributed by atoms with Crippen LogP contribution in [0, 0.1) is 5.92 Å². The van der Waals surface area contributed by atoms with Crippen molar-refractivity contribution in [3.05, 3.63) is 83.9 Å². The van der Waals surface area contributed by atoms with Crippen LogP contribution in [0.2, 0.25) is 0 Å². The zero-order valence-corrected chi connectivity index (χ0v) is 32.3. The lowest BCUT2D eigenvalue weighted by Crippen LogP contribution is -2.56. The molecule has 0 saturated carbocycles. The number of aliphatic carboxylic acids is 1. The number of amides is 9. The number of rotatable bonds is 22. The average Bonchev–Trinajstić information content (AvgIpc) is 3.17. The molecule has 0 saturated heterocycles. The summed E-state index contributed by atoms with van der Waals surface area (Å²) in [7, 11) is 0. The molecule has 20 nitrogen and oxygen atoms in total. The van der Waals surface area contributed by atoms with E-state index in [1.165, 1.54) is 19.1 Å². The molecule has 0 heterocycles. The van der Waals surface area contributed by atoms with Crippen molar-refractivity contribution in [1.82, 2.24) is 42.5 Å². The third kappa shape index (κ3) is 17.1. The normalized spacial score (nSPS) is 13.3. The van der Waals surface area contributed by atoms with Gasteiger partial charge in [-0.1, -0.05) is 74.5 Å². The summed E-state index contributed by atoms with van der Waals surface area (Å²) in [6, 6.07) is 10.1. The van der Waals surface area contributed by atoms with Gasteiger partial charge >= 0.3 is 5.97 Å². The first-order valence-corrected chi connectivity index (χ1v) is 18.0. The molecule has 0 spiro atoms. The van der Waals surface area contributed by atoms with Crippen molar-refractivity contribution in [1.29, 1.82) is 0 Å². The molecule has 0 bridgehead atoms. The van der Waals surface area contributed by atoms with Crippen LogP contribution in [-0.4, -0.2) is 108 Å². The zero-order chi connectivity index (χ0) is 43.4. The van der Waals surface area contributed by atoms with E-state index < -0.39 is 109 Å². The number of carboxylic acid groups (broad SMARTS) is 1. The van der Waals surface area contributed by atoms with Crippen molar-refractivity contribution in [2.24, 2.45) is 11.7 Å². The van der Waals surface area contributed by atoms with Gasteiger partial charge in [-0.25, -0.2) is 4.79 Å². The number of nitrogens with one attached hydrogen (secondary N) is 8. The molecule has 0 aliphatic rings. The summed E-state index contributed by atoms with van der Waals surface area (Å²) in [4.78, 5) is 124. The summed E-state index contributed by atoms with van der Waals surface area (Å²) in [6.45, 7) is 4.22. The van der Waals surface area contributed by atoms with E-state index in [-0.39, 0.29) is 17.9 Å². The van der Waals surface area contributed by atoms with Crippen molar-refractivity contribution in [2.45, 2.75) is 64.3 Å². The Balaban J connectivity index is 2.01. The molecule has 11 N–H and O–H groups in total. The van der Waals surface area contributed by atoms with Gasteiger partial charge in [-0.15, -0.1) is 0 Å². The van der Waals surface area contributed by atoms with E-state index in [0.29, 0.717) is 5.56 Å². The molecule has 0 aliphatic heterocycles. The van der Waals surface area contributed by atoms with Gasteiger partial charge in [0.2, 0.25) is 53.2 Å². The monoisotopic (exact) mass is 807 g/mol. The largest absolute Gasteiger partial charge is 0.480 e. The molecule has 312 valence electrons. The van der Waals surface area contributed by atoms with Crippen molar-refractivity contribution < 1.29 is 53.1 Å². The fraction of sp³-hybridized carbons (Fsp3) is 0.368. The van der Waals surface area contributed by atoms with E-state index in [9.17, 15) is 53.1 Å². The van der Waals surface area contributed by atoms with Crippen LogP contribution in [0.3, 0.4) is 0 Å². The molecule has 2 aromatic carbocycles. The first-order chi connectivity index (χ1) is 27.4. The van der Waals surface area contributed by atoms with Crippen LogP contribution >= 0.6 is 0 Å². The van der Waals surface area contributed by atoms with Gasteiger partial charge in [-0.3, -0.25) is 43.2 Å². The second-order valence-corrected chi connectivity index (χ2v) is 13.2. The maximum Gasteiger partial charge on any atom is 0.326 e. The number of carbonyl (C=O) groups excluding carboxylic acids is 9. The van der Waals surface area contributed by atoms with E-state index >= 15 is 0 Å². The second kappa shape index (κ2) is 23.7. The highest BCUT2D eigenvalue weighted by Gasteiger charge is 2.31. The molecule has 2 aromatic rings. The maximum atomic E-state index is 13.5. The minimum Gasteiger partial charge on any atom is -0.480 e. The highest BCUT2D eigenvalue weighted by Crippen LogP contribution is 2.14. The lowest BCUT2D eigenvalue weighted by molar-refractivity contribution is -0.141. The first-order valence-electron chi connectivity index (χ1n) is 18.0. The number of hydrogen-bond acceptors (Lipinski definition) is 10. The minimum absolute atomic E-state index is 0.0112. The molecule has 2 rings (SSSR count). The van der Waals surface area contributed by atoms with Crippen molar-refractivity contribution in [2.75, 3.05) is 19.6 Å².